The molecule has 0 saturated carbocycles. The molecule has 0 bridgehead atoms. The van der Waals surface area contributed by atoms with Gasteiger partial charge in [0.25, 0.3) is 0 Å². The molecule has 1 heterocycles. The fraction of sp³-hybridized carbons (Fsp3) is 0.158. The van der Waals surface area contributed by atoms with Crippen molar-refractivity contribution in [3.05, 3.63) is 65.9 Å². The van der Waals surface area contributed by atoms with E-state index in [1.807, 2.05) is 12.1 Å². The summed E-state index contributed by atoms with van der Waals surface area (Å²) >= 11 is 0. The lowest BCUT2D eigenvalue weighted by Crippen LogP contribution is -2.12. The number of benzene rings is 2. The molecule has 0 spiro atoms. The summed E-state index contributed by atoms with van der Waals surface area (Å²) < 4.78 is 6.19. The second-order valence-corrected chi connectivity index (χ2v) is 5.94. The highest BCUT2D eigenvalue weighted by atomic mass is 16.3. The third-order valence-electron chi connectivity index (χ3n) is 4.09. The van der Waals surface area contributed by atoms with Gasteiger partial charge < -0.3 is 4.42 Å². The number of para-hydroxylation sites is 1. The molecule has 0 aliphatic heterocycles. The largest absolute Gasteiger partial charge is 0.459 e. The van der Waals surface area contributed by atoms with Gasteiger partial charge in [0.2, 0.25) is 0 Å². The molecule has 0 radical (unpaired) electrons. The van der Waals surface area contributed by atoms with E-state index in [4.69, 9.17) is 4.42 Å². The van der Waals surface area contributed by atoms with E-state index in [1.165, 1.54) is 22.1 Å². The summed E-state index contributed by atoms with van der Waals surface area (Å²) in [5.41, 5.74) is 4.62. The molecule has 0 atom stereocenters. The number of furan rings is 1. The van der Waals surface area contributed by atoms with Crippen LogP contribution in [0.4, 0.5) is 0 Å². The Morgan fingerprint density at radius 3 is 2.55 bits per heavy atom. The zero-order valence-electron chi connectivity index (χ0n) is 11.7. The maximum Gasteiger partial charge on any atom is 0.134 e. The van der Waals surface area contributed by atoms with Crippen molar-refractivity contribution in [3.8, 4) is 11.1 Å². The Hall–Kier alpha value is -2.28. The number of fused-ring (bicyclic) bond motifs is 5. The van der Waals surface area contributed by atoms with E-state index in [2.05, 4.69) is 62.4 Å². The van der Waals surface area contributed by atoms with Gasteiger partial charge in [0.05, 0.1) is 0 Å². The number of allylic oxidation sites excluding steroid dienone is 1. The van der Waals surface area contributed by atoms with Gasteiger partial charge in [-0.05, 0) is 31.0 Å². The third-order valence-corrected chi connectivity index (χ3v) is 4.09. The molecule has 1 nitrogen and oxygen atoms in total. The molecule has 0 fully saturated rings. The van der Waals surface area contributed by atoms with Crippen LogP contribution < -0.4 is 0 Å². The lowest BCUT2D eigenvalue weighted by molar-refractivity contribution is 0.467. The van der Waals surface area contributed by atoms with Crippen LogP contribution >= 0.6 is 0 Å². The van der Waals surface area contributed by atoms with E-state index < -0.39 is 0 Å². The molecule has 2 aromatic carbocycles. The summed E-state index contributed by atoms with van der Waals surface area (Å²) in [5, 5.41) is 1.20. The van der Waals surface area contributed by atoms with Crippen LogP contribution in [0.1, 0.15) is 25.2 Å². The van der Waals surface area contributed by atoms with Crippen molar-refractivity contribution in [2.24, 2.45) is 0 Å². The molecule has 0 N–H and O–H groups in total. The summed E-state index contributed by atoms with van der Waals surface area (Å²) in [4.78, 5) is 0. The maximum absolute atomic E-state index is 6.19. The number of rotatable bonds is 0. The van der Waals surface area contributed by atoms with Crippen LogP contribution in [0.15, 0.2) is 59.0 Å². The van der Waals surface area contributed by atoms with Crippen LogP contribution in [0, 0.1) is 0 Å². The zero-order chi connectivity index (χ0) is 13.7. The Morgan fingerprint density at radius 2 is 1.65 bits per heavy atom. The van der Waals surface area contributed by atoms with Crippen molar-refractivity contribution < 1.29 is 4.42 Å². The maximum atomic E-state index is 6.19. The summed E-state index contributed by atoms with van der Waals surface area (Å²) in [6.07, 6.45) is 4.44. The number of hydrogen-bond acceptors (Lipinski definition) is 1. The van der Waals surface area contributed by atoms with E-state index in [-0.39, 0.29) is 5.41 Å². The highest BCUT2D eigenvalue weighted by Crippen LogP contribution is 2.45. The lowest BCUT2D eigenvalue weighted by atomic mass is 9.87. The molecule has 4 rings (SSSR count). The molecule has 20 heavy (non-hydrogen) atoms. The monoisotopic (exact) mass is 260 g/mol. The van der Waals surface area contributed by atoms with Crippen molar-refractivity contribution in [2.75, 3.05) is 0 Å². The second kappa shape index (κ2) is 3.86. The highest BCUT2D eigenvalue weighted by Gasteiger charge is 2.30. The Morgan fingerprint density at radius 1 is 0.900 bits per heavy atom. The second-order valence-electron chi connectivity index (χ2n) is 5.94. The van der Waals surface area contributed by atoms with Crippen LogP contribution in [0.3, 0.4) is 0 Å². The summed E-state index contributed by atoms with van der Waals surface area (Å²) in [5.74, 6) is 1.06. The Labute approximate surface area is 118 Å². The highest BCUT2D eigenvalue weighted by molar-refractivity contribution is 5.99. The molecule has 1 aromatic heterocycles. The van der Waals surface area contributed by atoms with Crippen molar-refractivity contribution in [3.63, 3.8) is 0 Å². The topological polar surface area (TPSA) is 13.1 Å². The molecule has 3 aromatic rings. The van der Waals surface area contributed by atoms with Gasteiger partial charge in [-0.3, -0.25) is 0 Å². The normalized spacial score (nSPS) is 15.7. The van der Waals surface area contributed by atoms with Crippen molar-refractivity contribution >= 4 is 17.0 Å². The van der Waals surface area contributed by atoms with Crippen molar-refractivity contribution in [1.29, 1.82) is 0 Å². The van der Waals surface area contributed by atoms with E-state index in [0.29, 0.717) is 0 Å². The van der Waals surface area contributed by atoms with E-state index in [9.17, 15) is 0 Å². The minimum absolute atomic E-state index is 0.104. The molecule has 98 valence electrons. The first-order chi connectivity index (χ1) is 9.67. The predicted molar refractivity (Wildman–Crippen MR) is 83.7 cm³/mol. The average molecular weight is 260 g/mol. The van der Waals surface area contributed by atoms with Gasteiger partial charge >= 0.3 is 0 Å². The summed E-state index contributed by atoms with van der Waals surface area (Å²) in [7, 11) is 0. The van der Waals surface area contributed by atoms with Gasteiger partial charge in [0, 0.05) is 16.4 Å². The van der Waals surface area contributed by atoms with Crippen LogP contribution in [0.5, 0.6) is 0 Å². The quantitative estimate of drug-likeness (QED) is 0.527. The summed E-state index contributed by atoms with van der Waals surface area (Å²) in [6, 6.07) is 16.8. The van der Waals surface area contributed by atoms with Gasteiger partial charge in [-0.2, -0.15) is 0 Å². The molecule has 1 heteroatoms. The average Bonchev–Trinajstić information content (AvgIpc) is 2.81. The standard InChI is InChI=1S/C19H16O/c1-19(2)12-11-13-7-3-4-8-14(13)17-15-9-5-6-10-16(15)20-18(17)19/h3-12H,1-2H3. The number of hydrogen-bond donors (Lipinski definition) is 0. The zero-order valence-corrected chi connectivity index (χ0v) is 11.7. The lowest BCUT2D eigenvalue weighted by Gasteiger charge is -2.17. The van der Waals surface area contributed by atoms with E-state index in [1.54, 1.807) is 0 Å². The van der Waals surface area contributed by atoms with Gasteiger partial charge in [0.15, 0.2) is 0 Å². The first-order valence-corrected chi connectivity index (χ1v) is 6.97. The van der Waals surface area contributed by atoms with Gasteiger partial charge in [-0.1, -0.05) is 54.6 Å². The predicted octanol–water partition coefficient (Wildman–Crippen LogP) is 5.40. The van der Waals surface area contributed by atoms with Gasteiger partial charge in [0.1, 0.15) is 11.3 Å². The smallest absolute Gasteiger partial charge is 0.134 e. The van der Waals surface area contributed by atoms with Crippen LogP contribution in [-0.4, -0.2) is 0 Å². The van der Waals surface area contributed by atoms with Crippen LogP contribution in [0.25, 0.3) is 28.2 Å². The third kappa shape index (κ3) is 1.50. The van der Waals surface area contributed by atoms with E-state index in [0.717, 1.165) is 11.3 Å². The van der Waals surface area contributed by atoms with Gasteiger partial charge in [-0.15, -0.1) is 0 Å². The fourth-order valence-corrected chi connectivity index (χ4v) is 3.01. The van der Waals surface area contributed by atoms with Crippen LogP contribution in [0.2, 0.25) is 0 Å². The fourth-order valence-electron chi connectivity index (χ4n) is 3.01. The first kappa shape index (κ1) is 11.5. The molecule has 0 unspecified atom stereocenters. The van der Waals surface area contributed by atoms with Crippen LogP contribution in [-0.2, 0) is 5.41 Å². The van der Waals surface area contributed by atoms with Crippen molar-refractivity contribution in [2.45, 2.75) is 19.3 Å². The minimum Gasteiger partial charge on any atom is -0.459 e. The first-order valence-electron chi connectivity index (χ1n) is 6.97. The SMILES string of the molecule is CC1(C)C=Cc2ccccc2-c2c1oc1ccccc21. The minimum atomic E-state index is -0.104. The Balaban J connectivity index is 2.20. The van der Waals surface area contributed by atoms with Gasteiger partial charge in [-0.25, -0.2) is 0 Å². The molecular formula is C19H16O. The molecule has 1 aliphatic rings. The molecule has 0 amide bonds. The summed E-state index contributed by atoms with van der Waals surface area (Å²) in [6.45, 7) is 4.41. The van der Waals surface area contributed by atoms with E-state index >= 15 is 0 Å². The Bertz CT molecular complexity index is 834. The molecule has 1 aliphatic carbocycles. The Kier molecular flexibility index (Phi) is 2.23. The molecular weight excluding hydrogens is 244 g/mol. The molecule has 0 saturated heterocycles. The van der Waals surface area contributed by atoms with Crippen molar-refractivity contribution in [1.82, 2.24) is 0 Å².